The molecule has 1 amide bonds. The fraction of sp³-hybridized carbons (Fsp3) is 0.292. The molecule has 3 rings (SSSR count). The summed E-state index contributed by atoms with van der Waals surface area (Å²) >= 11 is 6.07. The van der Waals surface area contributed by atoms with Crippen LogP contribution in [0.25, 0.3) is 11.3 Å². The number of hydrogen-bond donors (Lipinski definition) is 4. The molecule has 1 atom stereocenters. The summed E-state index contributed by atoms with van der Waals surface area (Å²) in [7, 11) is 0. The average molecular weight is 473 g/mol. The Morgan fingerprint density at radius 3 is 2.61 bits per heavy atom. The topological polar surface area (TPSA) is 107 Å². The zero-order chi connectivity index (χ0) is 24.1. The largest absolute Gasteiger partial charge is 0.392 e. The van der Waals surface area contributed by atoms with E-state index in [4.69, 9.17) is 11.6 Å². The summed E-state index contributed by atoms with van der Waals surface area (Å²) in [5.74, 6) is -0.939. The highest BCUT2D eigenvalue weighted by Gasteiger charge is 2.20. The molecule has 0 bridgehead atoms. The van der Waals surface area contributed by atoms with E-state index in [0.717, 1.165) is 5.56 Å². The van der Waals surface area contributed by atoms with Crippen molar-refractivity contribution >= 4 is 28.9 Å². The Bertz CT molecular complexity index is 1150. The molecule has 0 aliphatic carbocycles. The summed E-state index contributed by atoms with van der Waals surface area (Å²) < 4.78 is 14.6. The Hall–Kier alpha value is -3.07. The Kier molecular flexibility index (Phi) is 7.97. The lowest BCUT2D eigenvalue weighted by molar-refractivity contribution is 0.0924. The number of pyridine rings is 2. The van der Waals surface area contributed by atoms with Crippen LogP contribution in [0.5, 0.6) is 0 Å². The number of carbonyl (C=O) groups is 1. The normalized spacial score (nSPS) is 12.0. The quantitative estimate of drug-likeness (QED) is 0.387. The first-order chi connectivity index (χ1) is 15.7. The van der Waals surface area contributed by atoms with Gasteiger partial charge in [0.1, 0.15) is 5.82 Å². The second-order valence-electron chi connectivity index (χ2n) is 7.96. The number of halogens is 2. The minimum absolute atomic E-state index is 0.0326. The van der Waals surface area contributed by atoms with E-state index >= 15 is 0 Å². The molecule has 9 heteroatoms. The monoisotopic (exact) mass is 472 g/mol. The molecule has 33 heavy (non-hydrogen) atoms. The van der Waals surface area contributed by atoms with Crippen LogP contribution < -0.4 is 10.6 Å². The van der Waals surface area contributed by atoms with Crippen molar-refractivity contribution in [2.24, 2.45) is 0 Å². The molecule has 1 aromatic carbocycles. The maximum Gasteiger partial charge on any atom is 0.255 e. The molecule has 4 N–H and O–H groups in total. The summed E-state index contributed by atoms with van der Waals surface area (Å²) in [6, 6.07) is 7.49. The molecule has 0 aliphatic rings. The standard InChI is InChI=1S/C24H26ClFN4O3/c1-13(2)23-21(29-19-6-7-27-11-17(19)24(33)28-10-14(3)32)9-20(30-22(23)12-31)16-8-15(25)4-5-18(16)26/h4-9,11,13-14,31-32H,10,12H2,1-3H3,(H,28,33)(H,27,29,30). The lowest BCUT2D eigenvalue weighted by atomic mass is 9.97. The molecule has 0 fully saturated rings. The molecular formula is C24H26ClFN4O3. The second kappa shape index (κ2) is 10.7. The van der Waals surface area contributed by atoms with Gasteiger partial charge < -0.3 is 20.8 Å². The fourth-order valence-corrected chi connectivity index (χ4v) is 3.64. The molecule has 2 aromatic heterocycles. The smallest absolute Gasteiger partial charge is 0.255 e. The number of anilines is 2. The van der Waals surface area contributed by atoms with E-state index in [9.17, 15) is 19.4 Å². The van der Waals surface area contributed by atoms with Gasteiger partial charge in [-0.1, -0.05) is 25.4 Å². The van der Waals surface area contributed by atoms with Crippen LogP contribution in [-0.4, -0.2) is 38.7 Å². The summed E-state index contributed by atoms with van der Waals surface area (Å²) in [5.41, 5.74) is 2.90. The number of aliphatic hydroxyl groups is 2. The van der Waals surface area contributed by atoms with Crippen molar-refractivity contribution in [2.45, 2.75) is 39.4 Å². The maximum atomic E-state index is 14.6. The van der Waals surface area contributed by atoms with Crippen molar-refractivity contribution in [2.75, 3.05) is 11.9 Å². The van der Waals surface area contributed by atoms with E-state index < -0.39 is 17.8 Å². The van der Waals surface area contributed by atoms with Gasteiger partial charge in [0.05, 0.1) is 35.3 Å². The van der Waals surface area contributed by atoms with Gasteiger partial charge in [-0.25, -0.2) is 9.37 Å². The van der Waals surface area contributed by atoms with E-state index in [1.807, 2.05) is 13.8 Å². The minimum atomic E-state index is -0.697. The molecule has 3 aromatic rings. The number of aromatic nitrogens is 2. The molecule has 0 saturated heterocycles. The molecule has 2 heterocycles. The van der Waals surface area contributed by atoms with E-state index in [1.165, 1.54) is 30.6 Å². The summed E-state index contributed by atoms with van der Waals surface area (Å²) in [6.45, 7) is 5.21. The number of benzene rings is 1. The molecule has 1 unspecified atom stereocenters. The number of nitrogens with one attached hydrogen (secondary N) is 2. The minimum Gasteiger partial charge on any atom is -0.392 e. The van der Waals surface area contributed by atoms with Crippen molar-refractivity contribution < 1.29 is 19.4 Å². The highest BCUT2D eigenvalue weighted by molar-refractivity contribution is 6.30. The van der Waals surface area contributed by atoms with Gasteiger partial charge in [-0.15, -0.1) is 0 Å². The Morgan fingerprint density at radius 1 is 1.18 bits per heavy atom. The van der Waals surface area contributed by atoms with Gasteiger partial charge in [0.15, 0.2) is 0 Å². The number of nitrogens with zero attached hydrogens (tertiary/aromatic N) is 2. The van der Waals surface area contributed by atoms with Crippen molar-refractivity contribution in [1.82, 2.24) is 15.3 Å². The Balaban J connectivity index is 2.11. The van der Waals surface area contributed by atoms with Crippen molar-refractivity contribution in [3.8, 4) is 11.3 Å². The summed E-state index contributed by atoms with van der Waals surface area (Å²) in [5, 5.41) is 25.7. The highest BCUT2D eigenvalue weighted by Crippen LogP contribution is 2.35. The van der Waals surface area contributed by atoms with Gasteiger partial charge in [-0.3, -0.25) is 9.78 Å². The summed E-state index contributed by atoms with van der Waals surface area (Å²) in [4.78, 5) is 21.2. The predicted octanol–water partition coefficient (Wildman–Crippen LogP) is 4.41. The molecule has 0 radical (unpaired) electrons. The average Bonchev–Trinajstić information content (AvgIpc) is 2.78. The zero-order valence-electron chi connectivity index (χ0n) is 18.6. The number of amides is 1. The van der Waals surface area contributed by atoms with Crippen LogP contribution in [0.2, 0.25) is 5.02 Å². The second-order valence-corrected chi connectivity index (χ2v) is 8.39. The third-order valence-corrected chi connectivity index (χ3v) is 5.20. The SMILES string of the molecule is CC(O)CNC(=O)c1cnccc1Nc1cc(-c2cc(Cl)ccc2F)nc(CO)c1C(C)C. The van der Waals surface area contributed by atoms with E-state index in [0.29, 0.717) is 27.8 Å². The van der Waals surface area contributed by atoms with Gasteiger partial charge in [0.2, 0.25) is 0 Å². The molecular weight excluding hydrogens is 447 g/mol. The number of carbonyl (C=O) groups excluding carboxylic acids is 1. The third kappa shape index (κ3) is 5.84. The number of aliphatic hydroxyl groups excluding tert-OH is 2. The van der Waals surface area contributed by atoms with E-state index in [2.05, 4.69) is 20.6 Å². The van der Waals surface area contributed by atoms with E-state index in [1.54, 1.807) is 19.1 Å². The van der Waals surface area contributed by atoms with Crippen molar-refractivity contribution in [3.05, 3.63) is 70.4 Å². The highest BCUT2D eigenvalue weighted by atomic mass is 35.5. The molecule has 7 nitrogen and oxygen atoms in total. The van der Waals surface area contributed by atoms with Crippen LogP contribution >= 0.6 is 11.6 Å². The van der Waals surface area contributed by atoms with Gasteiger partial charge in [-0.05, 0) is 43.2 Å². The number of hydrogen-bond acceptors (Lipinski definition) is 6. The van der Waals surface area contributed by atoms with Crippen LogP contribution in [0.15, 0.2) is 42.7 Å². The Morgan fingerprint density at radius 2 is 1.94 bits per heavy atom. The molecule has 0 saturated carbocycles. The van der Waals surface area contributed by atoms with Crippen LogP contribution in [-0.2, 0) is 6.61 Å². The lowest BCUT2D eigenvalue weighted by Gasteiger charge is -2.21. The van der Waals surface area contributed by atoms with E-state index in [-0.39, 0.29) is 30.2 Å². The first-order valence-electron chi connectivity index (χ1n) is 10.5. The summed E-state index contributed by atoms with van der Waals surface area (Å²) in [6.07, 6.45) is 2.26. The van der Waals surface area contributed by atoms with Gasteiger partial charge in [0, 0.05) is 40.8 Å². The third-order valence-electron chi connectivity index (χ3n) is 4.96. The number of rotatable bonds is 8. The van der Waals surface area contributed by atoms with Crippen LogP contribution in [0.1, 0.15) is 48.3 Å². The van der Waals surface area contributed by atoms with Gasteiger partial charge in [-0.2, -0.15) is 0 Å². The van der Waals surface area contributed by atoms with Gasteiger partial charge in [0.25, 0.3) is 5.91 Å². The van der Waals surface area contributed by atoms with Gasteiger partial charge >= 0.3 is 0 Å². The first kappa shape index (κ1) is 24.6. The molecule has 174 valence electrons. The van der Waals surface area contributed by atoms with Crippen LogP contribution in [0.4, 0.5) is 15.8 Å². The Labute approximate surface area is 196 Å². The van der Waals surface area contributed by atoms with Crippen LogP contribution in [0.3, 0.4) is 0 Å². The fourth-order valence-electron chi connectivity index (χ4n) is 3.47. The first-order valence-corrected chi connectivity index (χ1v) is 10.9. The lowest BCUT2D eigenvalue weighted by Crippen LogP contribution is -2.31. The maximum absolute atomic E-state index is 14.6. The van der Waals surface area contributed by atoms with Crippen molar-refractivity contribution in [1.29, 1.82) is 0 Å². The predicted molar refractivity (Wildman–Crippen MR) is 126 cm³/mol. The van der Waals surface area contributed by atoms with Crippen molar-refractivity contribution in [3.63, 3.8) is 0 Å². The zero-order valence-corrected chi connectivity index (χ0v) is 19.3. The van der Waals surface area contributed by atoms with Crippen LogP contribution in [0, 0.1) is 5.82 Å². The molecule has 0 aliphatic heterocycles. The molecule has 0 spiro atoms.